The Bertz CT molecular complexity index is 117. The molecule has 0 spiro atoms. The van der Waals surface area contributed by atoms with Crippen LogP contribution in [-0.2, 0) is 0 Å². The quantitative estimate of drug-likeness (QED) is 0.572. The molecule has 2 atom stereocenters. The standard InChI is InChI=1S/C8H17NO/c1-8(2,10)6-3-4-7(9)5-6/h6-7,10H,3-5,9H2,1-2H3/t6-,7+/m1/s1. The first-order valence-corrected chi connectivity index (χ1v) is 3.98. The van der Waals surface area contributed by atoms with E-state index in [0.29, 0.717) is 12.0 Å². The van der Waals surface area contributed by atoms with Crippen molar-refractivity contribution >= 4 is 0 Å². The number of hydrogen-bond acceptors (Lipinski definition) is 2. The molecule has 0 aromatic rings. The topological polar surface area (TPSA) is 46.2 Å². The van der Waals surface area contributed by atoms with Gasteiger partial charge in [-0.2, -0.15) is 0 Å². The van der Waals surface area contributed by atoms with Gasteiger partial charge in [0.05, 0.1) is 5.60 Å². The Labute approximate surface area is 62.4 Å². The van der Waals surface area contributed by atoms with Crippen LogP contribution in [0.2, 0.25) is 0 Å². The summed E-state index contributed by atoms with van der Waals surface area (Å²) in [7, 11) is 0. The number of rotatable bonds is 1. The van der Waals surface area contributed by atoms with E-state index in [4.69, 9.17) is 5.73 Å². The lowest BCUT2D eigenvalue weighted by atomic mass is 9.90. The second kappa shape index (κ2) is 2.51. The fourth-order valence-electron chi connectivity index (χ4n) is 1.66. The average molecular weight is 143 g/mol. The molecule has 1 fully saturated rings. The van der Waals surface area contributed by atoms with Crippen molar-refractivity contribution in [1.82, 2.24) is 0 Å². The predicted octanol–water partition coefficient (Wildman–Crippen LogP) is 0.885. The van der Waals surface area contributed by atoms with Gasteiger partial charge in [0.1, 0.15) is 0 Å². The highest BCUT2D eigenvalue weighted by atomic mass is 16.3. The van der Waals surface area contributed by atoms with Gasteiger partial charge in [-0.3, -0.25) is 0 Å². The molecule has 0 bridgehead atoms. The first kappa shape index (κ1) is 8.02. The molecule has 0 amide bonds. The van der Waals surface area contributed by atoms with Crippen LogP contribution in [0.15, 0.2) is 0 Å². The molecule has 2 nitrogen and oxygen atoms in total. The van der Waals surface area contributed by atoms with Crippen molar-refractivity contribution < 1.29 is 5.11 Å². The van der Waals surface area contributed by atoms with Crippen LogP contribution in [0, 0.1) is 5.92 Å². The van der Waals surface area contributed by atoms with E-state index in [1.54, 1.807) is 0 Å². The third-order valence-corrected chi connectivity index (χ3v) is 2.47. The Morgan fingerprint density at radius 1 is 1.40 bits per heavy atom. The summed E-state index contributed by atoms with van der Waals surface area (Å²) < 4.78 is 0. The average Bonchev–Trinajstić information content (AvgIpc) is 2.11. The zero-order valence-electron chi connectivity index (χ0n) is 6.80. The molecule has 60 valence electrons. The van der Waals surface area contributed by atoms with Gasteiger partial charge in [-0.15, -0.1) is 0 Å². The molecule has 1 aliphatic rings. The highest BCUT2D eigenvalue weighted by molar-refractivity contribution is 4.87. The van der Waals surface area contributed by atoms with Gasteiger partial charge in [-0.1, -0.05) is 0 Å². The van der Waals surface area contributed by atoms with Gasteiger partial charge in [0.25, 0.3) is 0 Å². The first-order chi connectivity index (χ1) is 4.50. The van der Waals surface area contributed by atoms with Crippen LogP contribution in [0.5, 0.6) is 0 Å². The van der Waals surface area contributed by atoms with Gasteiger partial charge < -0.3 is 10.8 Å². The summed E-state index contributed by atoms with van der Waals surface area (Å²) >= 11 is 0. The Hall–Kier alpha value is -0.0800. The summed E-state index contributed by atoms with van der Waals surface area (Å²) in [5.74, 6) is 0.419. The number of aliphatic hydroxyl groups is 1. The normalized spacial score (nSPS) is 34.8. The van der Waals surface area contributed by atoms with E-state index >= 15 is 0 Å². The molecule has 1 rings (SSSR count). The molecule has 0 aliphatic heterocycles. The molecule has 1 aliphatic carbocycles. The zero-order chi connectivity index (χ0) is 7.78. The molecule has 0 radical (unpaired) electrons. The fraction of sp³-hybridized carbons (Fsp3) is 1.00. The van der Waals surface area contributed by atoms with E-state index in [2.05, 4.69) is 0 Å². The lowest BCUT2D eigenvalue weighted by Gasteiger charge is -2.24. The van der Waals surface area contributed by atoms with Gasteiger partial charge in [0, 0.05) is 6.04 Å². The third kappa shape index (κ3) is 1.70. The molecule has 1 saturated carbocycles. The highest BCUT2D eigenvalue weighted by Gasteiger charge is 2.32. The second-order valence-corrected chi connectivity index (χ2v) is 3.92. The van der Waals surface area contributed by atoms with Gasteiger partial charge in [0.2, 0.25) is 0 Å². The molecular weight excluding hydrogens is 126 g/mol. The van der Waals surface area contributed by atoms with E-state index in [1.807, 2.05) is 13.8 Å². The molecule has 3 N–H and O–H groups in total. The van der Waals surface area contributed by atoms with Crippen LogP contribution in [0.1, 0.15) is 33.1 Å². The Kier molecular flexibility index (Phi) is 2.02. The summed E-state index contributed by atoms with van der Waals surface area (Å²) in [6, 6.07) is 0.330. The van der Waals surface area contributed by atoms with E-state index in [0.717, 1.165) is 19.3 Å². The lowest BCUT2D eigenvalue weighted by Crippen LogP contribution is -2.30. The molecule has 0 saturated heterocycles. The highest BCUT2D eigenvalue weighted by Crippen LogP contribution is 2.32. The second-order valence-electron chi connectivity index (χ2n) is 3.92. The van der Waals surface area contributed by atoms with E-state index in [-0.39, 0.29) is 0 Å². The van der Waals surface area contributed by atoms with E-state index in [1.165, 1.54) is 0 Å². The molecular formula is C8H17NO. The van der Waals surface area contributed by atoms with Crippen molar-refractivity contribution in [2.75, 3.05) is 0 Å². The van der Waals surface area contributed by atoms with Crippen molar-refractivity contribution in [3.8, 4) is 0 Å². The van der Waals surface area contributed by atoms with E-state index < -0.39 is 5.60 Å². The van der Waals surface area contributed by atoms with Crippen LogP contribution in [0.3, 0.4) is 0 Å². The summed E-state index contributed by atoms with van der Waals surface area (Å²) in [6.45, 7) is 3.74. The van der Waals surface area contributed by atoms with Gasteiger partial charge in [-0.25, -0.2) is 0 Å². The predicted molar refractivity (Wildman–Crippen MR) is 41.6 cm³/mol. The summed E-state index contributed by atoms with van der Waals surface area (Å²) in [5.41, 5.74) is 5.19. The molecule has 0 heterocycles. The van der Waals surface area contributed by atoms with Gasteiger partial charge in [-0.05, 0) is 39.0 Å². The minimum Gasteiger partial charge on any atom is -0.390 e. The minimum atomic E-state index is -0.520. The first-order valence-electron chi connectivity index (χ1n) is 3.98. The number of nitrogens with two attached hydrogens (primary N) is 1. The maximum Gasteiger partial charge on any atom is 0.0620 e. The Morgan fingerprint density at radius 2 is 2.00 bits per heavy atom. The smallest absolute Gasteiger partial charge is 0.0620 e. The Balaban J connectivity index is 2.45. The lowest BCUT2D eigenvalue weighted by molar-refractivity contribution is 0.0195. The van der Waals surface area contributed by atoms with Crippen LogP contribution < -0.4 is 5.73 Å². The SMILES string of the molecule is CC(C)(O)[C@@H]1CC[C@H](N)C1. The van der Waals surface area contributed by atoms with Crippen LogP contribution >= 0.6 is 0 Å². The largest absolute Gasteiger partial charge is 0.390 e. The van der Waals surface area contributed by atoms with Crippen LogP contribution in [-0.4, -0.2) is 16.7 Å². The maximum absolute atomic E-state index is 9.58. The summed E-state index contributed by atoms with van der Waals surface area (Å²) in [6.07, 6.45) is 3.16. The maximum atomic E-state index is 9.58. The van der Waals surface area contributed by atoms with Crippen molar-refractivity contribution in [3.05, 3.63) is 0 Å². The van der Waals surface area contributed by atoms with Crippen molar-refractivity contribution in [2.24, 2.45) is 11.7 Å². The van der Waals surface area contributed by atoms with Crippen LogP contribution in [0.25, 0.3) is 0 Å². The Morgan fingerprint density at radius 3 is 2.20 bits per heavy atom. The number of hydrogen-bond donors (Lipinski definition) is 2. The molecule has 10 heavy (non-hydrogen) atoms. The molecule has 0 aromatic carbocycles. The van der Waals surface area contributed by atoms with Crippen molar-refractivity contribution in [3.63, 3.8) is 0 Å². The van der Waals surface area contributed by atoms with Crippen molar-refractivity contribution in [1.29, 1.82) is 0 Å². The van der Waals surface area contributed by atoms with Crippen LogP contribution in [0.4, 0.5) is 0 Å². The minimum absolute atomic E-state index is 0.330. The summed E-state index contributed by atoms with van der Waals surface area (Å²) in [4.78, 5) is 0. The van der Waals surface area contributed by atoms with E-state index in [9.17, 15) is 5.11 Å². The zero-order valence-corrected chi connectivity index (χ0v) is 6.80. The fourth-order valence-corrected chi connectivity index (χ4v) is 1.66. The molecule has 0 unspecified atom stereocenters. The molecule has 2 heteroatoms. The van der Waals surface area contributed by atoms with Gasteiger partial charge >= 0.3 is 0 Å². The third-order valence-electron chi connectivity index (χ3n) is 2.47. The molecule has 0 aromatic heterocycles. The van der Waals surface area contributed by atoms with Crippen molar-refractivity contribution in [2.45, 2.75) is 44.8 Å². The van der Waals surface area contributed by atoms with Gasteiger partial charge in [0.15, 0.2) is 0 Å². The summed E-state index contributed by atoms with van der Waals surface area (Å²) in [5, 5.41) is 9.58. The monoisotopic (exact) mass is 143 g/mol.